The van der Waals surface area contributed by atoms with Crippen molar-refractivity contribution in [1.29, 1.82) is 0 Å². The molecule has 0 aliphatic heterocycles. The molecule has 2 fully saturated rings. The van der Waals surface area contributed by atoms with Crippen molar-refractivity contribution < 1.29 is 14.3 Å². The van der Waals surface area contributed by atoms with Gasteiger partial charge in [-0.05, 0) is 60.6 Å². The molecule has 0 heterocycles. The Kier molecular flexibility index (Phi) is 6.13. The van der Waals surface area contributed by atoms with Crippen LogP contribution in [-0.2, 0) is 20.9 Å². The lowest BCUT2D eigenvalue weighted by molar-refractivity contribution is -0.145. The first-order chi connectivity index (χ1) is 14.1. The fraction of sp³-hybridized carbons (Fsp3) is 0.462. The van der Waals surface area contributed by atoms with Gasteiger partial charge in [0.2, 0.25) is 0 Å². The zero-order valence-electron chi connectivity index (χ0n) is 17.2. The van der Waals surface area contributed by atoms with Gasteiger partial charge in [0.05, 0.1) is 0 Å². The third-order valence-corrected chi connectivity index (χ3v) is 6.98. The summed E-state index contributed by atoms with van der Waals surface area (Å²) in [4.78, 5) is 24.7. The van der Waals surface area contributed by atoms with E-state index in [1.54, 1.807) is 0 Å². The van der Waals surface area contributed by atoms with Crippen molar-refractivity contribution in [3.8, 4) is 11.1 Å². The van der Waals surface area contributed by atoms with E-state index in [2.05, 4.69) is 31.2 Å². The molecule has 0 radical (unpaired) electrons. The van der Waals surface area contributed by atoms with Crippen LogP contribution in [0.5, 0.6) is 0 Å². The molecule has 2 bridgehead atoms. The summed E-state index contributed by atoms with van der Waals surface area (Å²) in [5.74, 6) is 1.93. The number of Topliss-reactive ketones (excluding diaryl/α,β-unsaturated/α-hetero) is 1. The summed E-state index contributed by atoms with van der Waals surface area (Å²) in [5.41, 5.74) is 3.32. The van der Waals surface area contributed by atoms with Gasteiger partial charge in [-0.2, -0.15) is 0 Å². The molecule has 0 amide bonds. The van der Waals surface area contributed by atoms with Gasteiger partial charge in [0.15, 0.2) is 0 Å². The first kappa shape index (κ1) is 19.9. The Labute approximate surface area is 173 Å². The third-order valence-electron chi connectivity index (χ3n) is 6.98. The van der Waals surface area contributed by atoms with Crippen LogP contribution in [0.3, 0.4) is 0 Å². The molecule has 0 aromatic heterocycles. The Morgan fingerprint density at radius 1 is 1.00 bits per heavy atom. The molecular weight excluding hydrogens is 360 g/mol. The molecule has 3 heteroatoms. The number of rotatable bonds is 7. The van der Waals surface area contributed by atoms with Gasteiger partial charge < -0.3 is 4.74 Å². The van der Waals surface area contributed by atoms with Crippen LogP contribution in [0.25, 0.3) is 11.1 Å². The van der Waals surface area contributed by atoms with Crippen LogP contribution in [0.1, 0.15) is 51.0 Å². The molecule has 2 aliphatic rings. The molecule has 4 atom stereocenters. The van der Waals surface area contributed by atoms with E-state index in [4.69, 9.17) is 4.74 Å². The van der Waals surface area contributed by atoms with Crippen LogP contribution in [0.2, 0.25) is 0 Å². The number of hydrogen-bond donors (Lipinski definition) is 0. The summed E-state index contributed by atoms with van der Waals surface area (Å²) in [6.07, 6.45) is 5.35. The number of benzene rings is 2. The van der Waals surface area contributed by atoms with Crippen LogP contribution in [0.15, 0.2) is 54.6 Å². The summed E-state index contributed by atoms with van der Waals surface area (Å²) in [7, 11) is 0. The standard InChI is InChI=1S/C26H30O3/c1-18-22-14-15-23(16-22)26(28)24(18)8-5-9-25(27)29-17-19-10-12-21(13-11-19)20-6-3-2-4-7-20/h2-4,6-7,10-13,18,22-24H,5,8-9,14-17H2,1H3. The van der Waals surface area contributed by atoms with E-state index in [0.29, 0.717) is 36.6 Å². The molecule has 2 aromatic rings. The molecule has 0 saturated heterocycles. The van der Waals surface area contributed by atoms with E-state index in [9.17, 15) is 9.59 Å². The summed E-state index contributed by atoms with van der Waals surface area (Å²) in [5, 5.41) is 0. The Balaban J connectivity index is 1.21. The van der Waals surface area contributed by atoms with Crippen LogP contribution in [0, 0.1) is 23.7 Å². The average molecular weight is 391 g/mol. The molecule has 4 unspecified atom stereocenters. The van der Waals surface area contributed by atoms with Crippen LogP contribution < -0.4 is 0 Å². The number of ketones is 1. The topological polar surface area (TPSA) is 43.4 Å². The second kappa shape index (κ2) is 8.94. The molecule has 2 aromatic carbocycles. The lowest BCUT2D eigenvalue weighted by Gasteiger charge is -2.33. The van der Waals surface area contributed by atoms with Crippen molar-refractivity contribution in [1.82, 2.24) is 0 Å². The molecule has 2 aliphatic carbocycles. The van der Waals surface area contributed by atoms with E-state index in [0.717, 1.165) is 36.8 Å². The number of ether oxygens (including phenoxy) is 1. The van der Waals surface area contributed by atoms with Gasteiger partial charge >= 0.3 is 5.97 Å². The van der Waals surface area contributed by atoms with Gasteiger partial charge in [0, 0.05) is 18.3 Å². The second-order valence-electron chi connectivity index (χ2n) is 8.75. The van der Waals surface area contributed by atoms with Crippen molar-refractivity contribution in [3.63, 3.8) is 0 Å². The molecule has 3 nitrogen and oxygen atoms in total. The largest absolute Gasteiger partial charge is 0.461 e. The number of fused-ring (bicyclic) bond motifs is 2. The maximum Gasteiger partial charge on any atom is 0.306 e. The zero-order valence-corrected chi connectivity index (χ0v) is 17.2. The van der Waals surface area contributed by atoms with Crippen LogP contribution >= 0.6 is 0 Å². The summed E-state index contributed by atoms with van der Waals surface area (Å²) >= 11 is 0. The maximum atomic E-state index is 12.6. The Hall–Kier alpha value is -2.42. The van der Waals surface area contributed by atoms with Gasteiger partial charge in [0.1, 0.15) is 12.4 Å². The lowest BCUT2D eigenvalue weighted by Crippen LogP contribution is -2.34. The SMILES string of the molecule is CC1C2CCC(C2)C(=O)C1CCCC(=O)OCc1ccc(-c2ccccc2)cc1. The Bertz CT molecular complexity index is 840. The molecule has 0 N–H and O–H groups in total. The predicted molar refractivity (Wildman–Crippen MR) is 114 cm³/mol. The van der Waals surface area contributed by atoms with Crippen molar-refractivity contribution in [3.05, 3.63) is 60.2 Å². The summed E-state index contributed by atoms with van der Waals surface area (Å²) in [6, 6.07) is 18.4. The Morgan fingerprint density at radius 2 is 1.72 bits per heavy atom. The van der Waals surface area contributed by atoms with Gasteiger partial charge in [0.25, 0.3) is 0 Å². The van der Waals surface area contributed by atoms with Crippen LogP contribution in [0.4, 0.5) is 0 Å². The van der Waals surface area contributed by atoms with E-state index in [1.807, 2.05) is 30.3 Å². The number of esters is 1. The third kappa shape index (κ3) is 4.60. The lowest BCUT2D eigenvalue weighted by atomic mass is 9.70. The highest BCUT2D eigenvalue weighted by molar-refractivity contribution is 5.85. The van der Waals surface area contributed by atoms with E-state index in [-0.39, 0.29) is 11.9 Å². The summed E-state index contributed by atoms with van der Waals surface area (Å²) in [6.45, 7) is 2.53. The normalized spacial score (nSPS) is 25.8. The van der Waals surface area contributed by atoms with Gasteiger partial charge in [-0.1, -0.05) is 61.5 Å². The van der Waals surface area contributed by atoms with Gasteiger partial charge in [-0.3, -0.25) is 9.59 Å². The van der Waals surface area contributed by atoms with E-state index >= 15 is 0 Å². The molecule has 0 spiro atoms. The highest BCUT2D eigenvalue weighted by Gasteiger charge is 2.44. The van der Waals surface area contributed by atoms with Gasteiger partial charge in [-0.25, -0.2) is 0 Å². The fourth-order valence-corrected chi connectivity index (χ4v) is 5.17. The molecule has 2 saturated carbocycles. The summed E-state index contributed by atoms with van der Waals surface area (Å²) < 4.78 is 5.45. The molecule has 152 valence electrons. The van der Waals surface area contributed by atoms with E-state index < -0.39 is 0 Å². The van der Waals surface area contributed by atoms with Crippen molar-refractivity contribution in [2.45, 2.75) is 52.1 Å². The molecule has 4 rings (SSSR count). The number of carbonyl (C=O) groups excluding carboxylic acids is 2. The molecule has 29 heavy (non-hydrogen) atoms. The predicted octanol–water partition coefficient (Wildman–Crippen LogP) is 5.82. The number of carbonyl (C=O) groups is 2. The number of hydrogen-bond acceptors (Lipinski definition) is 3. The minimum atomic E-state index is -0.170. The van der Waals surface area contributed by atoms with E-state index in [1.165, 1.54) is 12.0 Å². The highest BCUT2D eigenvalue weighted by Crippen LogP contribution is 2.47. The Morgan fingerprint density at radius 3 is 2.48 bits per heavy atom. The molecular formula is C26H30O3. The quantitative estimate of drug-likeness (QED) is 0.560. The average Bonchev–Trinajstić information content (AvgIpc) is 3.22. The maximum absolute atomic E-state index is 12.6. The van der Waals surface area contributed by atoms with Crippen molar-refractivity contribution in [2.75, 3.05) is 0 Å². The first-order valence-corrected chi connectivity index (χ1v) is 11.0. The van der Waals surface area contributed by atoms with Crippen molar-refractivity contribution in [2.24, 2.45) is 23.7 Å². The van der Waals surface area contributed by atoms with Gasteiger partial charge in [-0.15, -0.1) is 0 Å². The second-order valence-corrected chi connectivity index (χ2v) is 8.75. The van der Waals surface area contributed by atoms with Crippen molar-refractivity contribution >= 4 is 11.8 Å². The monoisotopic (exact) mass is 390 g/mol. The van der Waals surface area contributed by atoms with Crippen LogP contribution in [-0.4, -0.2) is 11.8 Å². The minimum absolute atomic E-state index is 0.152. The first-order valence-electron chi connectivity index (χ1n) is 11.0. The minimum Gasteiger partial charge on any atom is -0.461 e. The fourth-order valence-electron chi connectivity index (χ4n) is 5.17. The highest BCUT2D eigenvalue weighted by atomic mass is 16.5. The smallest absolute Gasteiger partial charge is 0.306 e. The zero-order chi connectivity index (χ0) is 20.2.